The van der Waals surface area contributed by atoms with Crippen LogP contribution in [0.3, 0.4) is 0 Å². The number of benzene rings is 1. The molecule has 142 valence electrons. The molecule has 0 saturated heterocycles. The van der Waals surface area contributed by atoms with Gasteiger partial charge in [0.05, 0.1) is 12.8 Å². The smallest absolute Gasteiger partial charge is 0.373 e. The second-order valence-electron chi connectivity index (χ2n) is 8.26. The molecule has 6 heteroatoms. The van der Waals surface area contributed by atoms with Crippen LogP contribution < -0.4 is 10.4 Å². The van der Waals surface area contributed by atoms with Crippen molar-refractivity contribution in [2.45, 2.75) is 40.0 Å². The molecule has 2 fully saturated rings. The first-order valence-electron chi connectivity index (χ1n) is 9.17. The Kier molecular flexibility index (Phi) is 3.91. The zero-order chi connectivity index (χ0) is 19.4. The van der Waals surface area contributed by atoms with Gasteiger partial charge in [-0.3, -0.25) is 0 Å². The lowest BCUT2D eigenvalue weighted by atomic mass is 9.70. The molecular weight excluding hydrogens is 346 g/mol. The first-order valence-corrected chi connectivity index (χ1v) is 9.17. The second kappa shape index (κ2) is 5.94. The summed E-state index contributed by atoms with van der Waals surface area (Å²) in [5.74, 6) is 0.332. The first kappa shape index (κ1) is 17.8. The third-order valence-corrected chi connectivity index (χ3v) is 6.91. The molecule has 1 heterocycles. The van der Waals surface area contributed by atoms with E-state index in [4.69, 9.17) is 14.0 Å². The van der Waals surface area contributed by atoms with E-state index in [0.29, 0.717) is 22.6 Å². The molecule has 2 aliphatic carbocycles. The number of hydrogen-bond acceptors (Lipinski definition) is 6. The normalized spacial score (nSPS) is 27.3. The van der Waals surface area contributed by atoms with Crippen LogP contribution in [0.15, 0.2) is 38.6 Å². The summed E-state index contributed by atoms with van der Waals surface area (Å²) in [6.45, 7) is 6.69. The molecule has 2 aliphatic rings. The number of carbonyl (C=O) groups excluding carboxylic acids is 1. The van der Waals surface area contributed by atoms with E-state index in [9.17, 15) is 9.59 Å². The van der Waals surface area contributed by atoms with Gasteiger partial charge < -0.3 is 14.0 Å². The first-order chi connectivity index (χ1) is 12.8. The summed E-state index contributed by atoms with van der Waals surface area (Å²) in [5.41, 5.74) is 0.420. The zero-order valence-corrected chi connectivity index (χ0v) is 16.0. The minimum Gasteiger partial charge on any atom is -0.497 e. The molecule has 0 radical (unpaired) electrons. The van der Waals surface area contributed by atoms with Gasteiger partial charge in [0.25, 0.3) is 0 Å². The molecule has 0 amide bonds. The quantitative estimate of drug-likeness (QED) is 0.461. The molecule has 0 N–H and O–H groups in total. The summed E-state index contributed by atoms with van der Waals surface area (Å²) in [6.07, 6.45) is 3.05. The maximum Gasteiger partial charge on any atom is 0.373 e. The Balaban J connectivity index is 1.61. The molecule has 2 atom stereocenters. The van der Waals surface area contributed by atoms with Crippen LogP contribution in [0.1, 0.15) is 50.4 Å². The Bertz CT molecular complexity index is 1020. The lowest BCUT2D eigenvalue weighted by Crippen LogP contribution is -2.32. The van der Waals surface area contributed by atoms with Crippen molar-refractivity contribution in [3.05, 3.63) is 40.2 Å². The molecule has 1 aromatic carbocycles. The summed E-state index contributed by atoms with van der Waals surface area (Å²) in [5, 5.41) is 4.78. The number of hydrogen-bond donors (Lipinski definition) is 0. The van der Waals surface area contributed by atoms with E-state index in [-0.39, 0.29) is 16.4 Å². The Labute approximate surface area is 157 Å². The second-order valence-corrected chi connectivity index (χ2v) is 8.26. The summed E-state index contributed by atoms with van der Waals surface area (Å²) >= 11 is 0. The third kappa shape index (κ3) is 2.58. The number of oxime groups is 1. The van der Waals surface area contributed by atoms with Crippen LogP contribution in [0, 0.1) is 16.7 Å². The molecular formula is C21H23NO5. The highest BCUT2D eigenvalue weighted by molar-refractivity contribution is 5.96. The van der Waals surface area contributed by atoms with Crippen LogP contribution >= 0.6 is 0 Å². The zero-order valence-electron chi connectivity index (χ0n) is 16.0. The van der Waals surface area contributed by atoms with E-state index in [0.717, 1.165) is 18.6 Å². The van der Waals surface area contributed by atoms with Crippen LogP contribution in [0.2, 0.25) is 0 Å². The van der Waals surface area contributed by atoms with Crippen molar-refractivity contribution in [3.63, 3.8) is 0 Å². The number of rotatable bonds is 3. The fourth-order valence-electron chi connectivity index (χ4n) is 4.57. The number of methoxy groups -OCH3 is 1. The van der Waals surface area contributed by atoms with Gasteiger partial charge in [-0.05, 0) is 48.8 Å². The van der Waals surface area contributed by atoms with E-state index < -0.39 is 11.6 Å². The van der Waals surface area contributed by atoms with Gasteiger partial charge in [-0.15, -0.1) is 0 Å². The topological polar surface area (TPSA) is 78.1 Å². The van der Waals surface area contributed by atoms with Crippen LogP contribution in [0.4, 0.5) is 0 Å². The number of ether oxygens (including phenoxy) is 1. The molecule has 2 aromatic rings. The maximum absolute atomic E-state index is 12.4. The van der Waals surface area contributed by atoms with Crippen molar-refractivity contribution in [1.29, 1.82) is 0 Å². The van der Waals surface area contributed by atoms with Crippen LogP contribution in [-0.4, -0.2) is 18.8 Å². The highest BCUT2D eigenvalue weighted by atomic mass is 16.7. The Morgan fingerprint density at radius 1 is 1.26 bits per heavy atom. The van der Waals surface area contributed by atoms with Gasteiger partial charge in [-0.2, -0.15) is 0 Å². The molecule has 27 heavy (non-hydrogen) atoms. The minimum atomic E-state index is -0.793. The van der Waals surface area contributed by atoms with Crippen LogP contribution in [-0.2, 0) is 4.84 Å². The molecule has 2 saturated carbocycles. The predicted octanol–water partition coefficient (Wildman–Crippen LogP) is 4.16. The lowest BCUT2D eigenvalue weighted by molar-refractivity contribution is 0.0504. The monoisotopic (exact) mass is 369 g/mol. The highest BCUT2D eigenvalue weighted by Gasteiger charge is 2.60. The van der Waals surface area contributed by atoms with E-state index in [1.165, 1.54) is 19.6 Å². The average Bonchev–Trinajstić information content (AvgIpc) is 2.98. The summed E-state index contributed by atoms with van der Waals surface area (Å²) in [4.78, 5) is 29.8. The standard InChI is InChI=1S/C21H23NO5/c1-20(2)13-7-8-21(20,3)17(10-13)22-27-19(24)15-9-12-5-6-14(25-4)11-16(12)26-18(15)23/h5-6,9,11,13H,7-8,10H2,1-4H3. The number of carbonyl (C=O) groups is 1. The summed E-state index contributed by atoms with van der Waals surface area (Å²) in [6, 6.07) is 6.52. The van der Waals surface area contributed by atoms with Gasteiger partial charge >= 0.3 is 11.6 Å². The van der Waals surface area contributed by atoms with Crippen molar-refractivity contribution in [2.75, 3.05) is 7.11 Å². The Hall–Kier alpha value is -2.63. The van der Waals surface area contributed by atoms with Crippen molar-refractivity contribution in [3.8, 4) is 5.75 Å². The van der Waals surface area contributed by atoms with E-state index in [2.05, 4.69) is 25.9 Å². The Morgan fingerprint density at radius 3 is 2.67 bits per heavy atom. The van der Waals surface area contributed by atoms with Gasteiger partial charge in [0.15, 0.2) is 0 Å². The van der Waals surface area contributed by atoms with Crippen molar-refractivity contribution in [2.24, 2.45) is 21.9 Å². The van der Waals surface area contributed by atoms with E-state index in [1.54, 1.807) is 18.2 Å². The molecule has 2 unspecified atom stereocenters. The van der Waals surface area contributed by atoms with Gasteiger partial charge in [-0.1, -0.05) is 25.9 Å². The number of fused-ring (bicyclic) bond motifs is 3. The molecule has 1 aromatic heterocycles. The third-order valence-electron chi connectivity index (χ3n) is 6.91. The van der Waals surface area contributed by atoms with Gasteiger partial charge in [0, 0.05) is 16.9 Å². The largest absolute Gasteiger partial charge is 0.497 e. The molecule has 4 rings (SSSR count). The molecule has 0 spiro atoms. The minimum absolute atomic E-state index is 0.0669. The SMILES string of the molecule is COc1ccc2cc(C(=O)ON=C3CC4CCC3(C)C4(C)C)c(=O)oc2c1. The maximum atomic E-state index is 12.4. The van der Waals surface area contributed by atoms with E-state index in [1.807, 2.05) is 0 Å². The van der Waals surface area contributed by atoms with Crippen LogP contribution in [0.25, 0.3) is 11.0 Å². The fourth-order valence-corrected chi connectivity index (χ4v) is 4.57. The average molecular weight is 369 g/mol. The van der Waals surface area contributed by atoms with Crippen molar-refractivity contribution in [1.82, 2.24) is 0 Å². The van der Waals surface area contributed by atoms with E-state index >= 15 is 0 Å². The number of nitrogens with zero attached hydrogens (tertiary/aromatic N) is 1. The van der Waals surface area contributed by atoms with Gasteiger partial charge in [0.1, 0.15) is 16.9 Å². The van der Waals surface area contributed by atoms with Crippen LogP contribution in [0.5, 0.6) is 5.75 Å². The summed E-state index contributed by atoms with van der Waals surface area (Å²) < 4.78 is 10.4. The van der Waals surface area contributed by atoms with Gasteiger partial charge in [-0.25, -0.2) is 9.59 Å². The summed E-state index contributed by atoms with van der Waals surface area (Å²) in [7, 11) is 1.53. The molecule has 2 bridgehead atoms. The van der Waals surface area contributed by atoms with Gasteiger partial charge in [0.2, 0.25) is 0 Å². The molecule has 6 nitrogen and oxygen atoms in total. The Morgan fingerprint density at radius 2 is 2.04 bits per heavy atom. The highest BCUT2D eigenvalue weighted by Crippen LogP contribution is 2.64. The van der Waals surface area contributed by atoms with Crippen molar-refractivity contribution >= 4 is 22.7 Å². The fraction of sp³-hybridized carbons (Fsp3) is 0.476. The molecule has 0 aliphatic heterocycles. The van der Waals surface area contributed by atoms with Crippen molar-refractivity contribution < 1.29 is 18.8 Å². The lowest BCUT2D eigenvalue weighted by Gasteiger charge is -2.34. The predicted molar refractivity (Wildman–Crippen MR) is 101 cm³/mol.